The second-order valence-electron chi connectivity index (χ2n) is 5.93. The van der Waals surface area contributed by atoms with E-state index in [4.69, 9.17) is 4.74 Å². The molecule has 0 aromatic rings. The van der Waals surface area contributed by atoms with Crippen LogP contribution in [0.1, 0.15) is 45.4 Å². The lowest BCUT2D eigenvalue weighted by molar-refractivity contribution is -0.00547. The zero-order chi connectivity index (χ0) is 12.8. The van der Waals surface area contributed by atoms with Crippen molar-refractivity contribution in [3.05, 3.63) is 0 Å². The van der Waals surface area contributed by atoms with Gasteiger partial charge in [0, 0.05) is 17.8 Å². The Bertz CT molecular complexity index is 238. The van der Waals surface area contributed by atoms with Gasteiger partial charge in [0.15, 0.2) is 0 Å². The van der Waals surface area contributed by atoms with Crippen molar-refractivity contribution in [1.82, 2.24) is 5.32 Å². The third-order valence-corrected chi connectivity index (χ3v) is 5.54. The molecule has 0 bridgehead atoms. The van der Waals surface area contributed by atoms with Gasteiger partial charge in [-0.25, -0.2) is 0 Å². The molecule has 1 saturated carbocycles. The molecule has 3 nitrogen and oxygen atoms in total. The summed E-state index contributed by atoms with van der Waals surface area (Å²) in [6, 6.07) is 0. The van der Waals surface area contributed by atoms with Crippen LogP contribution in [0.4, 0.5) is 0 Å². The average Bonchev–Trinajstić information content (AvgIpc) is 2.98. The monoisotopic (exact) mass is 273 g/mol. The molecule has 1 aliphatic carbocycles. The van der Waals surface area contributed by atoms with Crippen molar-refractivity contribution >= 4 is 11.8 Å². The van der Waals surface area contributed by atoms with E-state index in [1.807, 2.05) is 0 Å². The highest BCUT2D eigenvalue weighted by Crippen LogP contribution is 2.36. The lowest BCUT2D eigenvalue weighted by atomic mass is 10.1. The summed E-state index contributed by atoms with van der Waals surface area (Å²) in [4.78, 5) is 0. The molecule has 2 N–H and O–H groups in total. The number of aliphatic hydroxyl groups excluding tert-OH is 1. The maximum atomic E-state index is 9.87. The highest BCUT2D eigenvalue weighted by Gasteiger charge is 2.29. The highest BCUT2D eigenvalue weighted by molar-refractivity contribution is 8.00. The predicted molar refractivity (Wildman–Crippen MR) is 77.2 cm³/mol. The molecule has 2 aliphatic rings. The smallest absolute Gasteiger partial charge is 0.0897 e. The van der Waals surface area contributed by atoms with Gasteiger partial charge in [-0.05, 0) is 38.4 Å². The van der Waals surface area contributed by atoms with Crippen molar-refractivity contribution in [2.45, 2.75) is 62.4 Å². The number of ether oxygens (including phenoxy) is 1. The van der Waals surface area contributed by atoms with Crippen molar-refractivity contribution in [3.8, 4) is 0 Å². The summed E-state index contributed by atoms with van der Waals surface area (Å²) in [5, 5.41) is 13.3. The number of thioether (sulfide) groups is 1. The van der Waals surface area contributed by atoms with Gasteiger partial charge in [0.05, 0.1) is 18.8 Å². The number of aliphatic hydroxyl groups is 1. The summed E-state index contributed by atoms with van der Waals surface area (Å²) >= 11 is 2.05. The molecule has 0 aromatic carbocycles. The average molecular weight is 273 g/mol. The molecule has 1 aliphatic heterocycles. The first-order valence-corrected chi connectivity index (χ1v) is 8.31. The summed E-state index contributed by atoms with van der Waals surface area (Å²) in [5.41, 5.74) is 0. The van der Waals surface area contributed by atoms with E-state index < -0.39 is 0 Å². The van der Waals surface area contributed by atoms with Gasteiger partial charge in [-0.15, -0.1) is 0 Å². The van der Waals surface area contributed by atoms with Crippen molar-refractivity contribution in [2.75, 3.05) is 25.4 Å². The lowest BCUT2D eigenvalue weighted by Crippen LogP contribution is -2.39. The van der Waals surface area contributed by atoms with Crippen LogP contribution >= 0.6 is 11.8 Å². The maximum absolute atomic E-state index is 9.87. The Kier molecular flexibility index (Phi) is 5.80. The Hall–Kier alpha value is 0.230. The standard InChI is InChI=1S/C14H27NO2S/c1-14(7-4-8-18-14)11-15-9-12(16)10-17-13-5-2-3-6-13/h12-13,15-16H,2-11H2,1H3. The van der Waals surface area contributed by atoms with Gasteiger partial charge in [-0.1, -0.05) is 12.8 Å². The Morgan fingerprint density at radius 3 is 2.83 bits per heavy atom. The van der Waals surface area contributed by atoms with Crippen LogP contribution in [-0.4, -0.2) is 47.5 Å². The Balaban J connectivity index is 1.52. The first kappa shape index (κ1) is 14.6. The van der Waals surface area contributed by atoms with Crippen LogP contribution in [0.5, 0.6) is 0 Å². The molecular formula is C14H27NO2S. The van der Waals surface area contributed by atoms with Gasteiger partial charge >= 0.3 is 0 Å². The van der Waals surface area contributed by atoms with Gasteiger partial charge < -0.3 is 15.2 Å². The molecule has 1 heterocycles. The topological polar surface area (TPSA) is 41.5 Å². The van der Waals surface area contributed by atoms with Crippen LogP contribution in [0.15, 0.2) is 0 Å². The normalized spacial score (nSPS) is 31.0. The van der Waals surface area contributed by atoms with E-state index in [1.54, 1.807) is 0 Å². The van der Waals surface area contributed by atoms with Crippen LogP contribution in [0.2, 0.25) is 0 Å². The second kappa shape index (κ2) is 7.13. The third kappa shape index (κ3) is 4.72. The fraction of sp³-hybridized carbons (Fsp3) is 1.00. The third-order valence-electron chi connectivity index (χ3n) is 4.01. The predicted octanol–water partition coefficient (Wildman–Crippen LogP) is 2.18. The number of nitrogens with one attached hydrogen (secondary N) is 1. The molecule has 2 unspecified atom stereocenters. The van der Waals surface area contributed by atoms with Crippen LogP contribution in [0.3, 0.4) is 0 Å². The maximum Gasteiger partial charge on any atom is 0.0897 e. The fourth-order valence-electron chi connectivity index (χ4n) is 2.84. The molecule has 0 spiro atoms. The zero-order valence-electron chi connectivity index (χ0n) is 11.5. The van der Waals surface area contributed by atoms with E-state index in [2.05, 4.69) is 24.0 Å². The highest BCUT2D eigenvalue weighted by atomic mass is 32.2. The van der Waals surface area contributed by atoms with E-state index in [9.17, 15) is 5.11 Å². The molecular weight excluding hydrogens is 246 g/mol. The molecule has 0 amide bonds. The second-order valence-corrected chi connectivity index (χ2v) is 7.61. The van der Waals surface area contributed by atoms with Gasteiger partial charge in [0.2, 0.25) is 0 Å². The van der Waals surface area contributed by atoms with E-state index in [-0.39, 0.29) is 6.10 Å². The van der Waals surface area contributed by atoms with Crippen molar-refractivity contribution in [3.63, 3.8) is 0 Å². The molecule has 1 saturated heterocycles. The Labute approximate surface area is 115 Å². The van der Waals surface area contributed by atoms with E-state index in [0.717, 1.165) is 6.54 Å². The molecule has 2 fully saturated rings. The van der Waals surface area contributed by atoms with Gasteiger partial charge in [0.25, 0.3) is 0 Å². The molecule has 18 heavy (non-hydrogen) atoms. The van der Waals surface area contributed by atoms with E-state index >= 15 is 0 Å². The SMILES string of the molecule is CC1(CNCC(O)COC2CCCC2)CCCS1. The summed E-state index contributed by atoms with van der Waals surface area (Å²) < 4.78 is 6.10. The molecule has 106 valence electrons. The van der Waals surface area contributed by atoms with Crippen molar-refractivity contribution in [2.24, 2.45) is 0 Å². The minimum absolute atomic E-state index is 0.361. The van der Waals surface area contributed by atoms with Crippen LogP contribution in [-0.2, 0) is 4.74 Å². The van der Waals surface area contributed by atoms with Gasteiger partial charge in [-0.2, -0.15) is 11.8 Å². The summed E-state index contributed by atoms with van der Waals surface area (Å²) in [5.74, 6) is 1.28. The minimum atomic E-state index is -0.361. The molecule has 4 heteroatoms. The van der Waals surface area contributed by atoms with Crippen molar-refractivity contribution in [1.29, 1.82) is 0 Å². The first-order chi connectivity index (χ1) is 8.68. The van der Waals surface area contributed by atoms with Gasteiger partial charge in [0.1, 0.15) is 0 Å². The van der Waals surface area contributed by atoms with E-state index in [1.165, 1.54) is 44.3 Å². The lowest BCUT2D eigenvalue weighted by Gasteiger charge is -2.24. The number of hydrogen-bond acceptors (Lipinski definition) is 4. The Morgan fingerprint density at radius 1 is 1.39 bits per heavy atom. The summed E-state index contributed by atoms with van der Waals surface area (Å²) in [6.45, 7) is 4.46. The van der Waals surface area contributed by atoms with Crippen LogP contribution < -0.4 is 5.32 Å². The summed E-state index contributed by atoms with van der Waals surface area (Å²) in [6.07, 6.45) is 7.59. The van der Waals surface area contributed by atoms with Crippen LogP contribution in [0, 0.1) is 0 Å². The minimum Gasteiger partial charge on any atom is -0.389 e. The van der Waals surface area contributed by atoms with Crippen molar-refractivity contribution < 1.29 is 9.84 Å². The molecule has 0 aromatic heterocycles. The van der Waals surface area contributed by atoms with E-state index in [0.29, 0.717) is 24.0 Å². The fourth-order valence-corrected chi connectivity index (χ4v) is 4.11. The zero-order valence-corrected chi connectivity index (χ0v) is 12.3. The summed E-state index contributed by atoms with van der Waals surface area (Å²) in [7, 11) is 0. The molecule has 2 rings (SSSR count). The quantitative estimate of drug-likeness (QED) is 0.746. The first-order valence-electron chi connectivity index (χ1n) is 7.32. The number of rotatable bonds is 7. The Morgan fingerprint density at radius 2 is 2.17 bits per heavy atom. The molecule has 0 radical (unpaired) electrons. The number of hydrogen-bond donors (Lipinski definition) is 2. The van der Waals surface area contributed by atoms with Crippen LogP contribution in [0.25, 0.3) is 0 Å². The molecule has 2 atom stereocenters. The van der Waals surface area contributed by atoms with Gasteiger partial charge in [-0.3, -0.25) is 0 Å². The largest absolute Gasteiger partial charge is 0.389 e.